The van der Waals surface area contributed by atoms with E-state index in [1.54, 1.807) is 11.3 Å². The molecule has 26 heavy (non-hydrogen) atoms. The second-order valence-electron chi connectivity index (χ2n) is 8.06. The van der Waals surface area contributed by atoms with E-state index in [-0.39, 0.29) is 12.1 Å². The highest BCUT2D eigenvalue weighted by Gasteiger charge is 2.37. The van der Waals surface area contributed by atoms with Gasteiger partial charge in [0.1, 0.15) is 11.2 Å². The van der Waals surface area contributed by atoms with Crippen molar-refractivity contribution < 1.29 is 4.79 Å². The molecular formula is C21H25ClN2OS. The number of anilines is 1. The molecular weight excluding hydrogens is 364 g/mol. The van der Waals surface area contributed by atoms with Gasteiger partial charge in [-0.25, -0.2) is 0 Å². The van der Waals surface area contributed by atoms with E-state index in [4.69, 9.17) is 11.6 Å². The summed E-state index contributed by atoms with van der Waals surface area (Å²) < 4.78 is 0. The van der Waals surface area contributed by atoms with Crippen LogP contribution in [0, 0.1) is 11.3 Å². The summed E-state index contributed by atoms with van der Waals surface area (Å²) in [5.41, 5.74) is 3.37. The molecule has 1 amide bonds. The number of benzene rings is 1. The number of carbonyl (C=O) groups excluding carboxylic acids is 1. The lowest BCUT2D eigenvalue weighted by molar-refractivity contribution is 0.0934. The van der Waals surface area contributed by atoms with Crippen molar-refractivity contribution in [3.8, 4) is 0 Å². The molecule has 1 aliphatic carbocycles. The number of fused-ring (bicyclic) bond motifs is 3. The van der Waals surface area contributed by atoms with E-state index in [1.807, 2.05) is 24.3 Å². The van der Waals surface area contributed by atoms with Crippen molar-refractivity contribution in [2.75, 3.05) is 5.32 Å². The van der Waals surface area contributed by atoms with E-state index in [2.05, 4.69) is 31.4 Å². The molecule has 5 heteroatoms. The smallest absolute Gasteiger partial charge is 0.256 e. The third-order valence-electron chi connectivity index (χ3n) is 6.28. The highest BCUT2D eigenvalue weighted by molar-refractivity contribution is 7.16. The Balaban J connectivity index is 1.65. The van der Waals surface area contributed by atoms with Crippen molar-refractivity contribution >= 4 is 33.8 Å². The molecule has 0 fully saturated rings. The van der Waals surface area contributed by atoms with Crippen LogP contribution in [0.4, 0.5) is 5.00 Å². The van der Waals surface area contributed by atoms with Crippen LogP contribution >= 0.6 is 22.9 Å². The summed E-state index contributed by atoms with van der Waals surface area (Å²) in [5, 5.41) is 8.27. The van der Waals surface area contributed by atoms with Crippen LogP contribution in [-0.4, -0.2) is 5.91 Å². The van der Waals surface area contributed by atoms with Crippen LogP contribution in [0.15, 0.2) is 24.3 Å². The van der Waals surface area contributed by atoms with Crippen molar-refractivity contribution in [2.24, 2.45) is 11.3 Å². The van der Waals surface area contributed by atoms with Crippen LogP contribution < -0.4 is 10.6 Å². The van der Waals surface area contributed by atoms with Gasteiger partial charge >= 0.3 is 0 Å². The lowest BCUT2D eigenvalue weighted by atomic mass is 9.69. The van der Waals surface area contributed by atoms with Gasteiger partial charge in [0.2, 0.25) is 0 Å². The van der Waals surface area contributed by atoms with Crippen molar-refractivity contribution in [3.63, 3.8) is 0 Å². The highest BCUT2D eigenvalue weighted by atomic mass is 35.5. The maximum absolute atomic E-state index is 12.9. The van der Waals surface area contributed by atoms with Crippen LogP contribution in [-0.2, 0) is 12.8 Å². The minimum atomic E-state index is -0.272. The van der Waals surface area contributed by atoms with Crippen molar-refractivity contribution in [2.45, 2.75) is 52.6 Å². The third kappa shape index (κ3) is 2.93. The average molecular weight is 389 g/mol. The Morgan fingerprint density at radius 3 is 2.77 bits per heavy atom. The van der Waals surface area contributed by atoms with Crippen molar-refractivity contribution in [3.05, 3.63) is 50.9 Å². The first-order chi connectivity index (χ1) is 12.4. The van der Waals surface area contributed by atoms with E-state index in [1.165, 1.54) is 16.9 Å². The fourth-order valence-corrected chi connectivity index (χ4v) is 5.72. The maximum atomic E-state index is 12.9. The number of thiophene rings is 1. The largest absolute Gasteiger partial charge is 0.353 e. The Bertz CT molecular complexity index is 858. The first-order valence-electron chi connectivity index (χ1n) is 9.37. The maximum Gasteiger partial charge on any atom is 0.256 e. The van der Waals surface area contributed by atoms with Crippen LogP contribution in [0.2, 0.25) is 5.02 Å². The minimum Gasteiger partial charge on any atom is -0.353 e. The number of hydrogen-bond acceptors (Lipinski definition) is 3. The molecule has 0 unspecified atom stereocenters. The van der Waals surface area contributed by atoms with Gasteiger partial charge in [-0.05, 0) is 42.2 Å². The van der Waals surface area contributed by atoms with Gasteiger partial charge in [0.05, 0.1) is 5.56 Å². The summed E-state index contributed by atoms with van der Waals surface area (Å²) in [6.45, 7) is 7.02. The normalized spacial score (nSPS) is 22.2. The van der Waals surface area contributed by atoms with E-state index >= 15 is 0 Å². The molecule has 2 N–H and O–H groups in total. The third-order valence-corrected chi connectivity index (χ3v) is 7.81. The van der Waals surface area contributed by atoms with E-state index < -0.39 is 0 Å². The molecule has 138 valence electrons. The SMILES string of the molecule is CCC(C)(C)[C@@H]1CCc2c(sc3c2C(=O)N[C@@H](c2ccccc2Cl)N3)C1. The van der Waals surface area contributed by atoms with Gasteiger partial charge < -0.3 is 10.6 Å². The topological polar surface area (TPSA) is 41.1 Å². The molecule has 0 spiro atoms. The van der Waals surface area contributed by atoms with Gasteiger partial charge in [-0.1, -0.05) is 57.0 Å². The lowest BCUT2D eigenvalue weighted by Crippen LogP contribution is -2.38. The van der Waals surface area contributed by atoms with Crippen LogP contribution in [0.3, 0.4) is 0 Å². The lowest BCUT2D eigenvalue weighted by Gasteiger charge is -2.36. The zero-order valence-electron chi connectivity index (χ0n) is 15.5. The molecule has 0 radical (unpaired) electrons. The number of nitrogens with one attached hydrogen (secondary N) is 2. The summed E-state index contributed by atoms with van der Waals surface area (Å²) in [5.74, 6) is 0.705. The van der Waals surface area contributed by atoms with E-state index in [0.29, 0.717) is 16.4 Å². The molecule has 2 heterocycles. The Morgan fingerprint density at radius 1 is 1.27 bits per heavy atom. The monoisotopic (exact) mass is 388 g/mol. The molecule has 0 saturated heterocycles. The van der Waals surface area contributed by atoms with Crippen LogP contribution in [0.1, 0.15) is 66.1 Å². The number of carbonyl (C=O) groups is 1. The molecule has 1 aliphatic heterocycles. The number of amides is 1. The number of rotatable bonds is 3. The standard InChI is InChI=1S/C21H25ClN2OS/c1-4-21(2,3)12-9-10-14-16(11-12)26-20-17(14)19(25)23-18(24-20)13-7-5-6-8-15(13)22/h5-8,12,18,24H,4,9-11H2,1-3H3,(H,23,25)/t12-,18-/m1/s1. The van der Waals surface area contributed by atoms with Gasteiger partial charge in [-0.3, -0.25) is 4.79 Å². The molecule has 3 nitrogen and oxygen atoms in total. The summed E-state index contributed by atoms with van der Waals surface area (Å²) >= 11 is 8.09. The predicted molar refractivity (Wildman–Crippen MR) is 109 cm³/mol. The van der Waals surface area contributed by atoms with Gasteiger partial charge in [-0.15, -0.1) is 11.3 Å². The second-order valence-corrected chi connectivity index (χ2v) is 9.57. The van der Waals surface area contributed by atoms with Gasteiger partial charge in [0.25, 0.3) is 5.91 Å². The van der Waals surface area contributed by atoms with Crippen LogP contribution in [0.5, 0.6) is 0 Å². The van der Waals surface area contributed by atoms with Crippen LogP contribution in [0.25, 0.3) is 0 Å². The van der Waals surface area contributed by atoms with Crippen molar-refractivity contribution in [1.29, 1.82) is 0 Å². The van der Waals surface area contributed by atoms with E-state index in [9.17, 15) is 4.79 Å². The molecule has 0 bridgehead atoms. The Labute approximate surface area is 164 Å². The average Bonchev–Trinajstić information content (AvgIpc) is 3.00. The van der Waals surface area contributed by atoms with Crippen molar-refractivity contribution in [1.82, 2.24) is 5.32 Å². The highest BCUT2D eigenvalue weighted by Crippen LogP contribution is 2.47. The van der Waals surface area contributed by atoms with Gasteiger partial charge in [0.15, 0.2) is 0 Å². The summed E-state index contributed by atoms with van der Waals surface area (Å²) in [4.78, 5) is 14.2. The fraction of sp³-hybridized carbons (Fsp3) is 0.476. The molecule has 0 saturated carbocycles. The second kappa shape index (κ2) is 6.58. The van der Waals surface area contributed by atoms with Gasteiger partial charge in [-0.2, -0.15) is 0 Å². The Hall–Kier alpha value is -1.52. The number of halogens is 1. The first kappa shape index (κ1) is 17.9. The molecule has 1 aromatic carbocycles. The Kier molecular flexibility index (Phi) is 4.52. The molecule has 2 aliphatic rings. The minimum absolute atomic E-state index is 0.0226. The number of hydrogen-bond donors (Lipinski definition) is 2. The summed E-state index contributed by atoms with van der Waals surface area (Å²) in [6, 6.07) is 7.67. The molecule has 2 aromatic rings. The molecule has 2 atom stereocenters. The zero-order chi connectivity index (χ0) is 18.5. The summed E-state index contributed by atoms with van der Waals surface area (Å²) in [7, 11) is 0. The van der Waals surface area contributed by atoms with Gasteiger partial charge in [0, 0.05) is 15.5 Å². The predicted octanol–water partition coefficient (Wildman–Crippen LogP) is 5.80. The molecule has 4 rings (SSSR count). The summed E-state index contributed by atoms with van der Waals surface area (Å²) in [6.07, 6.45) is 4.16. The zero-order valence-corrected chi connectivity index (χ0v) is 17.1. The van der Waals surface area contributed by atoms with E-state index in [0.717, 1.165) is 35.4 Å². The Morgan fingerprint density at radius 2 is 2.04 bits per heavy atom. The fourth-order valence-electron chi connectivity index (χ4n) is 4.12. The first-order valence-corrected chi connectivity index (χ1v) is 10.6. The molecule has 1 aromatic heterocycles. The quantitative estimate of drug-likeness (QED) is 0.697.